The van der Waals surface area contributed by atoms with Crippen LogP contribution in [0, 0.1) is 0 Å². The van der Waals surface area contributed by atoms with Crippen LogP contribution in [0.1, 0.15) is 20.7 Å². The summed E-state index contributed by atoms with van der Waals surface area (Å²) < 4.78 is 11.1. The minimum atomic E-state index is -0.475. The molecule has 0 radical (unpaired) electrons. The molecule has 0 bridgehead atoms. The lowest BCUT2D eigenvalue weighted by Gasteiger charge is -2.08. The van der Waals surface area contributed by atoms with E-state index in [4.69, 9.17) is 9.47 Å². The number of benzene rings is 6. The molecule has 6 aromatic carbocycles. The molecule has 0 aliphatic rings. The fourth-order valence-electron chi connectivity index (χ4n) is 4.31. The first kappa shape index (κ1) is 29.5. The van der Waals surface area contributed by atoms with Gasteiger partial charge in [0.25, 0.3) is 0 Å². The van der Waals surface area contributed by atoms with E-state index in [-0.39, 0.29) is 0 Å². The highest BCUT2D eigenvalue weighted by Crippen LogP contribution is 2.26. The zero-order valence-corrected chi connectivity index (χ0v) is 24.4. The highest BCUT2D eigenvalue weighted by Gasteiger charge is 2.11. The van der Waals surface area contributed by atoms with Crippen molar-refractivity contribution in [3.05, 3.63) is 169 Å². The Kier molecular flexibility index (Phi) is 9.17. The SMILES string of the molecule is O=C(Oc1ccc(-c2ccc(OC(=O)c3ccc(N=Nc4ccccc4)cc3)cc2)cc1)c1ccc(N=Nc2ccccc2)cc1. The van der Waals surface area contributed by atoms with Gasteiger partial charge in [0.1, 0.15) is 11.5 Å². The van der Waals surface area contributed by atoms with Crippen LogP contribution in [0.15, 0.2) is 178 Å². The normalized spacial score (nSPS) is 11.0. The average molecular weight is 603 g/mol. The van der Waals surface area contributed by atoms with E-state index < -0.39 is 11.9 Å². The molecule has 0 heterocycles. The zero-order chi connectivity index (χ0) is 31.6. The van der Waals surface area contributed by atoms with Crippen LogP contribution in [0.4, 0.5) is 22.7 Å². The fraction of sp³-hybridized carbons (Fsp3) is 0. The van der Waals surface area contributed by atoms with E-state index in [9.17, 15) is 9.59 Å². The van der Waals surface area contributed by atoms with Gasteiger partial charge in [-0.1, -0.05) is 60.7 Å². The van der Waals surface area contributed by atoms with Crippen molar-refractivity contribution in [2.24, 2.45) is 20.5 Å². The quantitative estimate of drug-likeness (QED) is 0.0933. The molecule has 0 aromatic heterocycles. The molecule has 0 aliphatic carbocycles. The van der Waals surface area contributed by atoms with Crippen LogP contribution in [0.25, 0.3) is 11.1 Å². The zero-order valence-electron chi connectivity index (χ0n) is 24.4. The standard InChI is InChI=1S/C38H26N4O4/c43-37(29-11-19-33(20-12-29)41-39-31-7-3-1-4-8-31)45-35-23-15-27(16-24-35)28-17-25-36(26-18-28)46-38(44)30-13-21-34(22-14-30)42-40-32-9-5-2-6-10-32/h1-26H. The number of nitrogens with zero attached hydrogens (tertiary/aromatic N) is 4. The second-order valence-corrected chi connectivity index (χ2v) is 9.99. The Bertz CT molecular complexity index is 1830. The van der Waals surface area contributed by atoms with Crippen LogP contribution < -0.4 is 9.47 Å². The second-order valence-electron chi connectivity index (χ2n) is 9.99. The highest BCUT2D eigenvalue weighted by atomic mass is 16.5. The number of carbonyl (C=O) groups is 2. The van der Waals surface area contributed by atoms with Gasteiger partial charge in [-0.2, -0.15) is 20.5 Å². The van der Waals surface area contributed by atoms with Gasteiger partial charge in [0, 0.05) is 0 Å². The summed E-state index contributed by atoms with van der Waals surface area (Å²) in [4.78, 5) is 25.3. The first-order valence-electron chi connectivity index (χ1n) is 14.4. The molecule has 0 N–H and O–H groups in total. The largest absolute Gasteiger partial charge is 0.423 e. The molecule has 0 unspecified atom stereocenters. The van der Waals surface area contributed by atoms with Gasteiger partial charge >= 0.3 is 11.9 Å². The van der Waals surface area contributed by atoms with Gasteiger partial charge in [-0.25, -0.2) is 9.59 Å². The molecule has 6 aromatic rings. The van der Waals surface area contributed by atoms with Crippen molar-refractivity contribution in [2.45, 2.75) is 0 Å². The topological polar surface area (TPSA) is 102 Å². The van der Waals surface area contributed by atoms with Crippen molar-refractivity contribution < 1.29 is 19.1 Å². The molecular formula is C38H26N4O4. The molecule has 0 amide bonds. The van der Waals surface area contributed by atoms with Gasteiger partial charge in [-0.05, 0) is 108 Å². The molecule has 8 heteroatoms. The Balaban J connectivity index is 1.01. The summed E-state index contributed by atoms with van der Waals surface area (Å²) >= 11 is 0. The summed E-state index contributed by atoms with van der Waals surface area (Å²) in [7, 11) is 0. The Labute approximate surface area is 265 Å². The predicted molar refractivity (Wildman–Crippen MR) is 176 cm³/mol. The van der Waals surface area contributed by atoms with Gasteiger partial charge in [-0.15, -0.1) is 0 Å². The molecule has 0 saturated carbocycles. The molecule has 0 saturated heterocycles. The average Bonchev–Trinajstić information content (AvgIpc) is 3.12. The fourth-order valence-corrected chi connectivity index (χ4v) is 4.31. The van der Waals surface area contributed by atoms with Crippen LogP contribution in [-0.2, 0) is 0 Å². The molecular weight excluding hydrogens is 576 g/mol. The minimum absolute atomic E-state index is 0.400. The summed E-state index contributed by atoms with van der Waals surface area (Å²) in [5.41, 5.74) is 5.36. The van der Waals surface area contributed by atoms with E-state index in [0.29, 0.717) is 34.0 Å². The molecule has 8 nitrogen and oxygen atoms in total. The van der Waals surface area contributed by atoms with Crippen molar-refractivity contribution in [1.29, 1.82) is 0 Å². The van der Waals surface area contributed by atoms with E-state index in [1.54, 1.807) is 72.8 Å². The maximum absolute atomic E-state index is 12.7. The third kappa shape index (κ3) is 7.89. The van der Waals surface area contributed by atoms with Crippen molar-refractivity contribution in [1.82, 2.24) is 0 Å². The lowest BCUT2D eigenvalue weighted by Crippen LogP contribution is -2.08. The summed E-state index contributed by atoms with van der Waals surface area (Å²) in [6.45, 7) is 0. The highest BCUT2D eigenvalue weighted by molar-refractivity contribution is 5.92. The number of ether oxygens (including phenoxy) is 2. The number of azo groups is 2. The number of rotatable bonds is 9. The maximum Gasteiger partial charge on any atom is 0.343 e. The van der Waals surface area contributed by atoms with Crippen molar-refractivity contribution in [2.75, 3.05) is 0 Å². The lowest BCUT2D eigenvalue weighted by molar-refractivity contribution is 0.0725. The van der Waals surface area contributed by atoms with Gasteiger partial charge < -0.3 is 9.47 Å². The van der Waals surface area contributed by atoms with E-state index in [0.717, 1.165) is 22.5 Å². The number of esters is 2. The molecule has 0 fully saturated rings. The number of carbonyl (C=O) groups excluding carboxylic acids is 2. The molecule has 46 heavy (non-hydrogen) atoms. The third-order valence-electron chi connectivity index (χ3n) is 6.74. The second kappa shape index (κ2) is 14.3. The third-order valence-corrected chi connectivity index (χ3v) is 6.74. The van der Waals surface area contributed by atoms with E-state index >= 15 is 0 Å². The summed E-state index contributed by atoms with van der Waals surface area (Å²) in [5.74, 6) is -0.118. The molecule has 0 spiro atoms. The molecule has 6 rings (SSSR count). The van der Waals surface area contributed by atoms with E-state index in [1.807, 2.05) is 84.9 Å². The van der Waals surface area contributed by atoms with Crippen LogP contribution in [0.3, 0.4) is 0 Å². The van der Waals surface area contributed by atoms with Crippen molar-refractivity contribution >= 4 is 34.7 Å². The summed E-state index contributed by atoms with van der Waals surface area (Å²) in [6.07, 6.45) is 0. The Hall–Kier alpha value is -6.54. The number of hydrogen-bond acceptors (Lipinski definition) is 8. The first-order valence-corrected chi connectivity index (χ1v) is 14.4. The maximum atomic E-state index is 12.7. The minimum Gasteiger partial charge on any atom is -0.423 e. The Morgan fingerprint density at radius 1 is 0.348 bits per heavy atom. The predicted octanol–water partition coefficient (Wildman–Crippen LogP) is 10.6. The summed E-state index contributed by atoms with van der Waals surface area (Å²) in [5, 5.41) is 16.7. The Morgan fingerprint density at radius 2 is 0.652 bits per heavy atom. The van der Waals surface area contributed by atoms with Gasteiger partial charge in [0.05, 0.1) is 33.9 Å². The lowest BCUT2D eigenvalue weighted by atomic mass is 10.1. The van der Waals surface area contributed by atoms with Crippen LogP contribution >= 0.6 is 0 Å². The van der Waals surface area contributed by atoms with Crippen LogP contribution in [0.5, 0.6) is 11.5 Å². The van der Waals surface area contributed by atoms with Crippen molar-refractivity contribution in [3.8, 4) is 22.6 Å². The smallest absolute Gasteiger partial charge is 0.343 e. The van der Waals surface area contributed by atoms with Crippen LogP contribution in [0.2, 0.25) is 0 Å². The van der Waals surface area contributed by atoms with Crippen molar-refractivity contribution in [3.63, 3.8) is 0 Å². The van der Waals surface area contributed by atoms with E-state index in [1.165, 1.54) is 0 Å². The van der Waals surface area contributed by atoms with E-state index in [2.05, 4.69) is 20.5 Å². The van der Waals surface area contributed by atoms with Gasteiger partial charge in [-0.3, -0.25) is 0 Å². The molecule has 0 aliphatic heterocycles. The van der Waals surface area contributed by atoms with Gasteiger partial charge in [0.2, 0.25) is 0 Å². The molecule has 222 valence electrons. The first-order chi connectivity index (χ1) is 22.6. The number of hydrogen-bond donors (Lipinski definition) is 0. The van der Waals surface area contributed by atoms with Crippen LogP contribution in [-0.4, -0.2) is 11.9 Å². The summed E-state index contributed by atoms with van der Waals surface area (Å²) in [6, 6.07) is 46.6. The Morgan fingerprint density at radius 3 is 0.978 bits per heavy atom. The monoisotopic (exact) mass is 602 g/mol. The van der Waals surface area contributed by atoms with Gasteiger partial charge in [0.15, 0.2) is 0 Å². The molecule has 0 atom stereocenters.